The second-order valence-electron chi connectivity index (χ2n) is 7.77. The molecule has 0 saturated carbocycles. The number of hydrogen-bond donors (Lipinski definition) is 1. The van der Waals surface area contributed by atoms with Crippen molar-refractivity contribution in [1.82, 2.24) is 4.98 Å². The highest BCUT2D eigenvalue weighted by Crippen LogP contribution is 2.32. The van der Waals surface area contributed by atoms with Gasteiger partial charge >= 0.3 is 0 Å². The summed E-state index contributed by atoms with van der Waals surface area (Å²) >= 11 is 0. The molecule has 1 aromatic heterocycles. The van der Waals surface area contributed by atoms with Crippen LogP contribution < -0.4 is 15.8 Å². The van der Waals surface area contributed by atoms with Crippen LogP contribution in [0.2, 0.25) is 0 Å². The molecule has 0 fully saturated rings. The van der Waals surface area contributed by atoms with Gasteiger partial charge in [-0.2, -0.15) is 0 Å². The molecular formula is C25H35FN2. The molecule has 1 aliphatic carbocycles. The van der Waals surface area contributed by atoms with Gasteiger partial charge in [-0.1, -0.05) is 70.6 Å². The first-order valence-corrected chi connectivity index (χ1v) is 10.5. The van der Waals surface area contributed by atoms with Crippen LogP contribution in [0.15, 0.2) is 48.3 Å². The molecule has 0 spiro atoms. The Bertz CT molecular complexity index is 857. The molecule has 2 nitrogen and oxygen atoms in total. The van der Waals surface area contributed by atoms with Crippen LogP contribution in [0.4, 0.5) is 10.2 Å². The van der Waals surface area contributed by atoms with Gasteiger partial charge in [0.05, 0.1) is 0 Å². The van der Waals surface area contributed by atoms with Crippen LogP contribution >= 0.6 is 0 Å². The molecule has 1 unspecified atom stereocenters. The van der Waals surface area contributed by atoms with Gasteiger partial charge in [0, 0.05) is 17.8 Å². The summed E-state index contributed by atoms with van der Waals surface area (Å²) in [5.41, 5.74) is 1.69. The Hall–Kier alpha value is -2.16. The lowest BCUT2D eigenvalue weighted by molar-refractivity contribution is 0.181. The molecule has 0 amide bonds. The van der Waals surface area contributed by atoms with Crippen molar-refractivity contribution in [3.05, 3.63) is 58.8 Å². The van der Waals surface area contributed by atoms with E-state index in [1.165, 1.54) is 11.1 Å². The molecular weight excluding hydrogens is 347 g/mol. The maximum atomic E-state index is 15.3. The minimum absolute atomic E-state index is 0.323. The highest BCUT2D eigenvalue weighted by Gasteiger charge is 2.31. The van der Waals surface area contributed by atoms with Crippen LogP contribution in [-0.4, -0.2) is 10.7 Å². The van der Waals surface area contributed by atoms with E-state index in [1.807, 2.05) is 32.2 Å². The summed E-state index contributed by atoms with van der Waals surface area (Å²) in [5.74, 6) is 0.975. The minimum Gasteiger partial charge on any atom is -0.341 e. The van der Waals surface area contributed by atoms with E-state index >= 15 is 4.39 Å². The number of pyridine rings is 1. The van der Waals surface area contributed by atoms with Crippen LogP contribution in [0.25, 0.3) is 12.2 Å². The normalized spacial score (nSPS) is 17.0. The molecule has 3 heteroatoms. The van der Waals surface area contributed by atoms with Crippen molar-refractivity contribution in [2.45, 2.75) is 71.9 Å². The monoisotopic (exact) mass is 382 g/mol. The molecule has 28 heavy (non-hydrogen) atoms. The van der Waals surface area contributed by atoms with E-state index in [0.717, 1.165) is 36.1 Å². The molecule has 1 aromatic rings. The highest BCUT2D eigenvalue weighted by atomic mass is 19.1. The fraction of sp³-hybridized carbons (Fsp3) is 0.480. The predicted octanol–water partition coefficient (Wildman–Crippen LogP) is 5.81. The zero-order valence-electron chi connectivity index (χ0n) is 17.9. The maximum absolute atomic E-state index is 15.3. The molecule has 0 aliphatic heterocycles. The first-order chi connectivity index (χ1) is 13.4. The van der Waals surface area contributed by atoms with Gasteiger partial charge in [0.1, 0.15) is 11.5 Å². The zero-order valence-corrected chi connectivity index (χ0v) is 17.9. The first-order valence-electron chi connectivity index (χ1n) is 10.5. The van der Waals surface area contributed by atoms with E-state index in [4.69, 9.17) is 0 Å². The van der Waals surface area contributed by atoms with Crippen LogP contribution in [0.1, 0.15) is 66.2 Å². The SMILES string of the molecule is C=C/C(=C(\C)CC)C1C=c2cc(NC(=C)C(F)(CCC)CCC)ncc2=CC1. The molecule has 0 saturated heterocycles. The second-order valence-corrected chi connectivity index (χ2v) is 7.77. The Morgan fingerprint density at radius 2 is 1.96 bits per heavy atom. The van der Waals surface area contributed by atoms with Crippen molar-refractivity contribution in [3.63, 3.8) is 0 Å². The number of halogens is 1. The highest BCUT2D eigenvalue weighted by molar-refractivity contribution is 5.52. The van der Waals surface area contributed by atoms with E-state index in [1.54, 1.807) is 0 Å². The number of nitrogens with one attached hydrogen (secondary N) is 1. The summed E-state index contributed by atoms with van der Waals surface area (Å²) in [5, 5.41) is 5.40. The topological polar surface area (TPSA) is 24.9 Å². The quantitative estimate of drug-likeness (QED) is 0.517. The Morgan fingerprint density at radius 3 is 2.54 bits per heavy atom. The van der Waals surface area contributed by atoms with Crippen molar-refractivity contribution in [3.8, 4) is 0 Å². The first kappa shape index (κ1) is 22.1. The molecule has 0 radical (unpaired) electrons. The minimum atomic E-state index is -1.39. The van der Waals surface area contributed by atoms with Gasteiger partial charge in [0.25, 0.3) is 0 Å². The Kier molecular flexibility index (Phi) is 7.79. The van der Waals surface area contributed by atoms with Gasteiger partial charge < -0.3 is 5.32 Å². The van der Waals surface area contributed by atoms with Crippen molar-refractivity contribution >= 4 is 18.0 Å². The molecule has 0 aromatic carbocycles. The Labute approximate surface area is 169 Å². The molecule has 1 heterocycles. The fourth-order valence-electron chi connectivity index (χ4n) is 3.95. The zero-order chi connectivity index (χ0) is 20.7. The number of aromatic nitrogens is 1. The Morgan fingerprint density at radius 1 is 1.29 bits per heavy atom. The van der Waals surface area contributed by atoms with Crippen LogP contribution in [0, 0.1) is 5.92 Å². The molecule has 2 rings (SSSR count). The second kappa shape index (κ2) is 9.86. The largest absolute Gasteiger partial charge is 0.341 e. The lowest BCUT2D eigenvalue weighted by Gasteiger charge is -2.27. The van der Waals surface area contributed by atoms with E-state index in [0.29, 0.717) is 30.3 Å². The molecule has 152 valence electrons. The number of rotatable bonds is 10. The van der Waals surface area contributed by atoms with E-state index in [-0.39, 0.29) is 0 Å². The van der Waals surface area contributed by atoms with Gasteiger partial charge in [-0.05, 0) is 54.7 Å². The molecule has 1 aliphatic rings. The van der Waals surface area contributed by atoms with Gasteiger partial charge in [0.15, 0.2) is 0 Å². The summed E-state index contributed by atoms with van der Waals surface area (Å²) < 4.78 is 15.3. The van der Waals surface area contributed by atoms with E-state index < -0.39 is 5.67 Å². The van der Waals surface area contributed by atoms with Crippen molar-refractivity contribution < 1.29 is 4.39 Å². The number of nitrogens with zero attached hydrogens (tertiary/aromatic N) is 1. The van der Waals surface area contributed by atoms with Crippen LogP contribution in [-0.2, 0) is 0 Å². The van der Waals surface area contributed by atoms with Crippen molar-refractivity contribution in [2.75, 3.05) is 5.32 Å². The summed E-state index contributed by atoms with van der Waals surface area (Å²) in [6.07, 6.45) is 12.8. The smallest absolute Gasteiger partial charge is 0.150 e. The van der Waals surface area contributed by atoms with Gasteiger partial charge in [0.2, 0.25) is 0 Å². The molecule has 0 bridgehead atoms. The summed E-state index contributed by atoms with van der Waals surface area (Å²) in [6.45, 7) is 16.4. The fourth-order valence-corrected chi connectivity index (χ4v) is 3.95. The van der Waals surface area contributed by atoms with Gasteiger partial charge in [-0.3, -0.25) is 0 Å². The molecule has 1 N–H and O–H groups in total. The number of allylic oxidation sites excluding steroid dienone is 4. The third kappa shape index (κ3) is 5.01. The van der Waals surface area contributed by atoms with Crippen LogP contribution in [0.3, 0.4) is 0 Å². The number of anilines is 1. The van der Waals surface area contributed by atoms with E-state index in [9.17, 15) is 0 Å². The number of fused-ring (bicyclic) bond motifs is 1. The van der Waals surface area contributed by atoms with Crippen LogP contribution in [0.5, 0.6) is 0 Å². The third-order valence-corrected chi connectivity index (χ3v) is 5.70. The Balaban J connectivity index is 2.33. The maximum Gasteiger partial charge on any atom is 0.150 e. The summed E-state index contributed by atoms with van der Waals surface area (Å²) in [7, 11) is 0. The number of alkyl halides is 1. The van der Waals surface area contributed by atoms with E-state index in [2.05, 4.69) is 49.5 Å². The lowest BCUT2D eigenvalue weighted by Crippen LogP contribution is -2.32. The van der Waals surface area contributed by atoms with Gasteiger partial charge in [-0.15, -0.1) is 0 Å². The van der Waals surface area contributed by atoms with Gasteiger partial charge in [-0.25, -0.2) is 9.37 Å². The van der Waals surface area contributed by atoms with Crippen molar-refractivity contribution in [1.29, 1.82) is 0 Å². The summed E-state index contributed by atoms with van der Waals surface area (Å²) in [6, 6.07) is 2.00. The average Bonchev–Trinajstić information content (AvgIpc) is 2.68. The van der Waals surface area contributed by atoms with Crippen molar-refractivity contribution in [2.24, 2.45) is 5.92 Å². The predicted molar refractivity (Wildman–Crippen MR) is 120 cm³/mol. The standard InChI is InChI=1S/C25H35FN2/c1-7-13-25(26,14-8-2)19(6)28-24-16-22-15-20(11-12-21(22)17-27-24)23(10-4)18(5)9-3/h10,12,15-17,20,28H,4,6-9,11,13-14H2,1-3,5H3/b23-18-. The summed E-state index contributed by atoms with van der Waals surface area (Å²) in [4.78, 5) is 4.49. The third-order valence-electron chi connectivity index (χ3n) is 5.70. The number of hydrogen-bond acceptors (Lipinski definition) is 2. The molecule has 1 atom stereocenters. The lowest BCUT2D eigenvalue weighted by atomic mass is 9.87. The average molecular weight is 383 g/mol.